The number of hydrogen-bond acceptors (Lipinski definition) is 4. The van der Waals surface area contributed by atoms with Crippen molar-refractivity contribution >= 4 is 23.9 Å². The molecule has 0 saturated carbocycles. The van der Waals surface area contributed by atoms with Crippen LogP contribution in [0.3, 0.4) is 0 Å². The summed E-state index contributed by atoms with van der Waals surface area (Å²) in [6.45, 7) is 2.73. The summed E-state index contributed by atoms with van der Waals surface area (Å²) in [5, 5.41) is 4.80. The first-order valence-electron chi connectivity index (χ1n) is 5.41. The van der Waals surface area contributed by atoms with Crippen molar-refractivity contribution in [2.24, 2.45) is 0 Å². The maximum atomic E-state index is 4.92. The average Bonchev–Trinajstić information content (AvgIpc) is 2.22. The minimum atomic E-state index is 0.751. The number of rotatable bonds is 10. The van der Waals surface area contributed by atoms with E-state index < -0.39 is 0 Å². The Hall–Kier alpha value is 0.0348. The molecule has 0 aromatic rings. The zero-order chi connectivity index (χ0) is 10.6. The predicted octanol–water partition coefficient (Wildman–Crippen LogP) is -1.94. The summed E-state index contributed by atoms with van der Waals surface area (Å²) < 4.78 is 9.83. The highest BCUT2D eigenvalue weighted by Gasteiger charge is 1.98. The van der Waals surface area contributed by atoms with E-state index in [9.17, 15) is 0 Å². The Balaban J connectivity index is 3.04. The van der Waals surface area contributed by atoms with Crippen LogP contribution in [0.1, 0.15) is 19.3 Å². The number of hydrogen-bond donors (Lipinski definition) is 1. The molecule has 0 atom stereocenters. The van der Waals surface area contributed by atoms with Crippen molar-refractivity contribution in [3.8, 4) is 0 Å². The third kappa shape index (κ3) is 8.63. The van der Waals surface area contributed by atoms with Gasteiger partial charge < -0.3 is 14.8 Å². The van der Waals surface area contributed by atoms with Crippen LogP contribution in [0.2, 0.25) is 6.32 Å². The fourth-order valence-electron chi connectivity index (χ4n) is 1.23. The van der Waals surface area contributed by atoms with Gasteiger partial charge in [-0.05, 0) is 13.0 Å². The number of nitrogens with one attached hydrogen (secondary N) is 1. The molecule has 0 aliphatic carbocycles. The number of unbranched alkanes of at least 4 members (excludes halogenated alkanes) is 2. The maximum absolute atomic E-state index is 4.92. The molecule has 0 aliphatic heterocycles. The summed E-state index contributed by atoms with van der Waals surface area (Å²) in [6, 6.07) is 0. The molecule has 0 radical (unpaired) electrons. The van der Waals surface area contributed by atoms with Crippen LogP contribution in [-0.2, 0) is 9.51 Å². The molecule has 1 N–H and O–H groups in total. The van der Waals surface area contributed by atoms with Crippen LogP contribution in [0.15, 0.2) is 0 Å². The lowest BCUT2D eigenvalue weighted by atomic mass is 9.99. The molecule has 4 nitrogen and oxygen atoms in total. The Morgan fingerprint density at radius 2 is 1.71 bits per heavy atom. The smallest absolute Gasteiger partial charge is 0.290 e. The van der Waals surface area contributed by atoms with Crippen LogP contribution in [0, 0.1) is 0 Å². The summed E-state index contributed by atoms with van der Waals surface area (Å²) in [5.74, 6) is 0. The van der Waals surface area contributed by atoms with Crippen LogP contribution >= 0.6 is 0 Å². The van der Waals surface area contributed by atoms with Gasteiger partial charge in [0.2, 0.25) is 0 Å². The first kappa shape index (κ1) is 14.0. The second-order valence-electron chi connectivity index (χ2n) is 3.23. The number of hydroxylamine groups is 2. The lowest BCUT2D eigenvalue weighted by molar-refractivity contribution is -0.251. The molecule has 0 fully saturated rings. The van der Waals surface area contributed by atoms with Gasteiger partial charge in [-0.25, -0.2) is 0 Å². The summed E-state index contributed by atoms with van der Waals surface area (Å²) in [5.41, 5.74) is 0. The van der Waals surface area contributed by atoms with E-state index in [1.54, 1.807) is 16.1 Å². The van der Waals surface area contributed by atoms with Gasteiger partial charge in [0.15, 0.2) is 0 Å². The second kappa shape index (κ2) is 11.1. The van der Waals surface area contributed by atoms with Crippen molar-refractivity contribution in [3.05, 3.63) is 0 Å². The van der Waals surface area contributed by atoms with E-state index in [1.807, 2.05) is 0 Å². The van der Waals surface area contributed by atoms with Crippen molar-refractivity contribution in [1.82, 2.24) is 10.5 Å². The molecule has 0 aliphatic rings. The molecule has 14 heavy (non-hydrogen) atoms. The zero-order valence-corrected chi connectivity index (χ0v) is 9.71. The Bertz CT molecular complexity index is 117. The lowest BCUT2D eigenvalue weighted by Crippen LogP contribution is -2.31. The monoisotopic (exact) mass is 198 g/mol. The summed E-state index contributed by atoms with van der Waals surface area (Å²) in [7, 11) is 5.43. The zero-order valence-electron chi connectivity index (χ0n) is 9.71. The highest BCUT2D eigenvalue weighted by atomic mass is 16.9. The van der Waals surface area contributed by atoms with Gasteiger partial charge in [0.05, 0.1) is 6.54 Å². The number of nitrogens with zero attached hydrogens (tertiary/aromatic N) is 1. The third-order valence-corrected chi connectivity index (χ3v) is 2.09. The molecule has 0 unspecified atom stereocenters. The molecule has 0 rings (SSSR count). The molecule has 80 valence electrons. The van der Waals surface area contributed by atoms with Gasteiger partial charge in [0.1, 0.15) is 7.85 Å². The highest BCUT2D eigenvalue weighted by Crippen LogP contribution is 1.95. The standard InChI is InChI=1S/C7H21B3N2O2/c8-4-2-1-3-5-11-6-7-12(13-9)14-10/h11H,1-10H2. The third-order valence-electron chi connectivity index (χ3n) is 2.09. The van der Waals surface area contributed by atoms with Crippen LogP contribution in [0.4, 0.5) is 0 Å². The van der Waals surface area contributed by atoms with Crippen molar-refractivity contribution in [2.45, 2.75) is 25.6 Å². The van der Waals surface area contributed by atoms with Crippen molar-refractivity contribution in [3.63, 3.8) is 0 Å². The van der Waals surface area contributed by atoms with Gasteiger partial charge in [-0.2, -0.15) is 0 Å². The minimum absolute atomic E-state index is 0.751. The van der Waals surface area contributed by atoms with E-state index in [0.29, 0.717) is 0 Å². The highest BCUT2D eigenvalue weighted by molar-refractivity contribution is 6.08. The van der Waals surface area contributed by atoms with Crippen LogP contribution in [0.25, 0.3) is 0 Å². The summed E-state index contributed by atoms with van der Waals surface area (Å²) >= 11 is 0. The van der Waals surface area contributed by atoms with E-state index >= 15 is 0 Å². The fourth-order valence-corrected chi connectivity index (χ4v) is 1.23. The molecule has 0 bridgehead atoms. The van der Waals surface area contributed by atoms with Gasteiger partial charge >= 0.3 is 0 Å². The summed E-state index contributed by atoms with van der Waals surface area (Å²) in [6.07, 6.45) is 5.21. The van der Waals surface area contributed by atoms with Crippen LogP contribution < -0.4 is 5.32 Å². The minimum Gasteiger partial charge on any atom is -0.350 e. The van der Waals surface area contributed by atoms with Gasteiger partial charge in [-0.15, -0.1) is 0 Å². The quantitative estimate of drug-likeness (QED) is 0.251. The molecule has 0 saturated heterocycles. The van der Waals surface area contributed by atoms with E-state index in [1.165, 1.54) is 30.8 Å². The first-order chi connectivity index (χ1) is 6.85. The van der Waals surface area contributed by atoms with E-state index in [2.05, 4.69) is 13.2 Å². The molecule has 7 heteroatoms. The Morgan fingerprint density at radius 3 is 2.29 bits per heavy atom. The first-order valence-corrected chi connectivity index (χ1v) is 5.41. The summed E-state index contributed by atoms with van der Waals surface area (Å²) in [4.78, 5) is 0. The van der Waals surface area contributed by atoms with Crippen molar-refractivity contribution in [2.75, 3.05) is 19.6 Å². The van der Waals surface area contributed by atoms with E-state index in [4.69, 9.17) is 9.51 Å². The molecule has 0 spiro atoms. The SMILES string of the molecule is BCCCCCNCCN(OB)OB. The maximum Gasteiger partial charge on any atom is 0.290 e. The van der Waals surface area contributed by atoms with Gasteiger partial charge in [0, 0.05) is 6.54 Å². The molecular formula is C7H21B3N2O2. The van der Waals surface area contributed by atoms with Gasteiger partial charge in [0.25, 0.3) is 16.1 Å². The molecular weight excluding hydrogens is 177 g/mol. The Labute approximate surface area is 89.9 Å². The van der Waals surface area contributed by atoms with Crippen LogP contribution in [-0.4, -0.2) is 48.8 Å². The van der Waals surface area contributed by atoms with Gasteiger partial charge in [-0.1, -0.05) is 24.4 Å². The van der Waals surface area contributed by atoms with Crippen molar-refractivity contribution in [1.29, 1.82) is 0 Å². The molecule has 0 amide bonds. The van der Waals surface area contributed by atoms with E-state index in [0.717, 1.165) is 19.6 Å². The predicted molar refractivity (Wildman–Crippen MR) is 66.0 cm³/mol. The fraction of sp³-hybridized carbons (Fsp3) is 1.00. The average molecular weight is 198 g/mol. The Morgan fingerprint density at radius 1 is 1.00 bits per heavy atom. The normalized spacial score (nSPS) is 10.9. The van der Waals surface area contributed by atoms with Crippen molar-refractivity contribution < 1.29 is 9.51 Å². The van der Waals surface area contributed by atoms with Gasteiger partial charge in [-0.3, -0.25) is 0 Å². The topological polar surface area (TPSA) is 33.7 Å². The largest absolute Gasteiger partial charge is 0.350 e. The molecule has 0 heterocycles. The lowest BCUT2D eigenvalue weighted by Gasteiger charge is -2.17. The second-order valence-corrected chi connectivity index (χ2v) is 3.23. The Kier molecular flexibility index (Phi) is 11.1. The van der Waals surface area contributed by atoms with Crippen LogP contribution in [0.5, 0.6) is 0 Å². The molecule has 0 aromatic carbocycles. The van der Waals surface area contributed by atoms with E-state index in [-0.39, 0.29) is 0 Å². The molecule has 0 aromatic heterocycles.